The molecule has 0 radical (unpaired) electrons. The van der Waals surface area contributed by atoms with Gasteiger partial charge in [0.15, 0.2) is 11.5 Å². The summed E-state index contributed by atoms with van der Waals surface area (Å²) < 4.78 is 5.55. The minimum Gasteiger partial charge on any atom is -0.375 e. The van der Waals surface area contributed by atoms with Crippen molar-refractivity contribution in [2.75, 3.05) is 12.4 Å². The first-order valence-electron chi connectivity index (χ1n) is 6.41. The zero-order valence-electron chi connectivity index (χ0n) is 11.7. The summed E-state index contributed by atoms with van der Waals surface area (Å²) in [4.78, 5) is 8.12. The van der Waals surface area contributed by atoms with Crippen molar-refractivity contribution >= 4 is 17.4 Å². The van der Waals surface area contributed by atoms with Crippen LogP contribution in [0, 0.1) is 11.3 Å². The van der Waals surface area contributed by atoms with Crippen molar-refractivity contribution in [2.24, 2.45) is 0 Å². The van der Waals surface area contributed by atoms with E-state index in [9.17, 15) is 0 Å². The monoisotopic (exact) mass is 302 g/mol. The number of anilines is 1. The molecule has 0 aliphatic heterocycles. The second-order valence-corrected chi connectivity index (χ2v) is 4.94. The molecule has 2 rings (SSSR count). The largest absolute Gasteiger partial charge is 0.375 e. The SMILES string of the molecule is CO[C@H](c1ccc(Cl)cc1)[C@@H](C)Nc1nccnc1C#N. The normalized spacial score (nSPS) is 13.2. The Morgan fingerprint density at radius 2 is 1.90 bits per heavy atom. The Balaban J connectivity index is 2.19. The van der Waals surface area contributed by atoms with Gasteiger partial charge in [0, 0.05) is 24.5 Å². The van der Waals surface area contributed by atoms with Gasteiger partial charge in [-0.3, -0.25) is 0 Å². The molecule has 2 aromatic rings. The standard InChI is InChI=1S/C15H15ClN4O/c1-10(20-15-13(9-17)18-7-8-19-15)14(21-2)11-3-5-12(16)6-4-11/h3-8,10,14H,1-2H3,(H,19,20)/t10-,14+/m1/s1. The third kappa shape index (κ3) is 3.69. The quantitative estimate of drug-likeness (QED) is 0.918. The molecule has 0 aliphatic carbocycles. The summed E-state index contributed by atoms with van der Waals surface area (Å²) >= 11 is 5.90. The van der Waals surface area contributed by atoms with Crippen LogP contribution >= 0.6 is 11.6 Å². The Morgan fingerprint density at radius 3 is 2.52 bits per heavy atom. The lowest BCUT2D eigenvalue weighted by molar-refractivity contribution is 0.0906. The lowest BCUT2D eigenvalue weighted by Crippen LogP contribution is -2.26. The lowest BCUT2D eigenvalue weighted by atomic mass is 10.0. The molecule has 21 heavy (non-hydrogen) atoms. The topological polar surface area (TPSA) is 70.8 Å². The van der Waals surface area contributed by atoms with E-state index in [2.05, 4.69) is 15.3 Å². The van der Waals surface area contributed by atoms with E-state index in [-0.39, 0.29) is 17.8 Å². The second kappa shape index (κ2) is 7.02. The molecular weight excluding hydrogens is 288 g/mol. The number of nitrogens with one attached hydrogen (secondary N) is 1. The van der Waals surface area contributed by atoms with Crippen LogP contribution in [0.1, 0.15) is 24.3 Å². The number of methoxy groups -OCH3 is 1. The number of hydrogen-bond donors (Lipinski definition) is 1. The van der Waals surface area contributed by atoms with Gasteiger partial charge in [-0.05, 0) is 24.6 Å². The molecule has 0 spiro atoms. The van der Waals surface area contributed by atoms with Crippen LogP contribution in [0.2, 0.25) is 5.02 Å². The molecule has 0 saturated heterocycles. The van der Waals surface area contributed by atoms with E-state index in [4.69, 9.17) is 21.6 Å². The van der Waals surface area contributed by atoms with Gasteiger partial charge in [0.2, 0.25) is 0 Å². The summed E-state index contributed by atoms with van der Waals surface area (Å²) in [6.07, 6.45) is 2.83. The lowest BCUT2D eigenvalue weighted by Gasteiger charge is -2.24. The molecule has 0 fully saturated rings. The molecule has 1 N–H and O–H groups in total. The molecule has 0 aliphatic rings. The van der Waals surface area contributed by atoms with Crippen molar-refractivity contribution in [1.82, 2.24) is 9.97 Å². The van der Waals surface area contributed by atoms with Crippen LogP contribution in [0.15, 0.2) is 36.7 Å². The number of halogens is 1. The van der Waals surface area contributed by atoms with Gasteiger partial charge in [-0.15, -0.1) is 0 Å². The van der Waals surface area contributed by atoms with Crippen LogP contribution in [-0.4, -0.2) is 23.1 Å². The van der Waals surface area contributed by atoms with Crippen LogP contribution in [0.4, 0.5) is 5.82 Å². The van der Waals surface area contributed by atoms with Crippen molar-refractivity contribution in [1.29, 1.82) is 5.26 Å². The molecular formula is C15H15ClN4O. The Bertz CT molecular complexity index is 639. The minimum atomic E-state index is -0.198. The molecule has 0 amide bonds. The van der Waals surface area contributed by atoms with Crippen molar-refractivity contribution in [2.45, 2.75) is 19.1 Å². The highest BCUT2D eigenvalue weighted by Crippen LogP contribution is 2.24. The van der Waals surface area contributed by atoms with Crippen LogP contribution < -0.4 is 5.32 Å². The zero-order chi connectivity index (χ0) is 15.2. The van der Waals surface area contributed by atoms with Crippen LogP contribution in [0.5, 0.6) is 0 Å². The summed E-state index contributed by atoms with van der Waals surface area (Å²) in [6, 6.07) is 9.38. The number of benzene rings is 1. The summed E-state index contributed by atoms with van der Waals surface area (Å²) in [5.41, 5.74) is 1.25. The Morgan fingerprint density at radius 1 is 1.24 bits per heavy atom. The van der Waals surface area contributed by atoms with Gasteiger partial charge in [-0.2, -0.15) is 5.26 Å². The van der Waals surface area contributed by atoms with Gasteiger partial charge in [0.1, 0.15) is 12.2 Å². The molecule has 0 saturated carbocycles. The molecule has 1 heterocycles. The molecule has 6 heteroatoms. The first-order chi connectivity index (χ1) is 10.2. The smallest absolute Gasteiger partial charge is 0.182 e. The summed E-state index contributed by atoms with van der Waals surface area (Å²) in [5, 5.41) is 12.9. The van der Waals surface area contributed by atoms with Gasteiger partial charge >= 0.3 is 0 Å². The predicted octanol–water partition coefficient (Wildman–Crippen LogP) is 3.19. The van der Waals surface area contributed by atoms with E-state index < -0.39 is 0 Å². The maximum Gasteiger partial charge on any atom is 0.182 e. The number of rotatable bonds is 5. The van der Waals surface area contributed by atoms with E-state index in [0.29, 0.717) is 10.8 Å². The van der Waals surface area contributed by atoms with Crippen LogP contribution in [-0.2, 0) is 4.74 Å². The fraction of sp³-hybridized carbons (Fsp3) is 0.267. The first kappa shape index (κ1) is 15.2. The van der Waals surface area contributed by atoms with E-state index in [1.54, 1.807) is 13.3 Å². The van der Waals surface area contributed by atoms with E-state index in [0.717, 1.165) is 5.56 Å². The summed E-state index contributed by atoms with van der Waals surface area (Å²) in [6.45, 7) is 1.96. The minimum absolute atomic E-state index is 0.0972. The fourth-order valence-corrected chi connectivity index (χ4v) is 2.22. The molecule has 2 atom stereocenters. The van der Waals surface area contributed by atoms with E-state index in [1.807, 2.05) is 37.3 Å². The second-order valence-electron chi connectivity index (χ2n) is 4.51. The number of aromatic nitrogens is 2. The van der Waals surface area contributed by atoms with Gasteiger partial charge in [0.25, 0.3) is 0 Å². The van der Waals surface area contributed by atoms with Crippen molar-refractivity contribution in [3.8, 4) is 6.07 Å². The third-order valence-corrected chi connectivity index (χ3v) is 3.33. The third-order valence-electron chi connectivity index (χ3n) is 3.08. The molecule has 0 unspecified atom stereocenters. The average Bonchev–Trinajstić information content (AvgIpc) is 2.50. The van der Waals surface area contributed by atoms with E-state index >= 15 is 0 Å². The van der Waals surface area contributed by atoms with Gasteiger partial charge < -0.3 is 10.1 Å². The number of hydrogen-bond acceptors (Lipinski definition) is 5. The molecule has 1 aromatic carbocycles. The zero-order valence-corrected chi connectivity index (χ0v) is 12.5. The molecule has 0 bridgehead atoms. The Kier molecular flexibility index (Phi) is 5.09. The van der Waals surface area contributed by atoms with Crippen molar-refractivity contribution in [3.63, 3.8) is 0 Å². The molecule has 1 aromatic heterocycles. The van der Waals surface area contributed by atoms with Crippen LogP contribution in [0.25, 0.3) is 0 Å². The highest BCUT2D eigenvalue weighted by atomic mass is 35.5. The van der Waals surface area contributed by atoms with Gasteiger partial charge in [-0.1, -0.05) is 23.7 Å². The molecule has 108 valence electrons. The summed E-state index contributed by atoms with van der Waals surface area (Å²) in [5.74, 6) is 0.448. The summed E-state index contributed by atoms with van der Waals surface area (Å²) in [7, 11) is 1.64. The van der Waals surface area contributed by atoms with Gasteiger partial charge in [-0.25, -0.2) is 9.97 Å². The molecule has 5 nitrogen and oxygen atoms in total. The Labute approximate surface area is 128 Å². The first-order valence-corrected chi connectivity index (χ1v) is 6.79. The van der Waals surface area contributed by atoms with Gasteiger partial charge in [0.05, 0.1) is 6.04 Å². The number of ether oxygens (including phenoxy) is 1. The maximum atomic E-state index is 9.04. The van der Waals surface area contributed by atoms with Crippen molar-refractivity contribution < 1.29 is 4.74 Å². The van der Waals surface area contributed by atoms with Crippen LogP contribution in [0.3, 0.4) is 0 Å². The number of nitriles is 1. The van der Waals surface area contributed by atoms with E-state index in [1.165, 1.54) is 6.20 Å². The highest BCUT2D eigenvalue weighted by molar-refractivity contribution is 6.30. The average molecular weight is 303 g/mol. The maximum absolute atomic E-state index is 9.04. The predicted molar refractivity (Wildman–Crippen MR) is 81.0 cm³/mol. The fourth-order valence-electron chi connectivity index (χ4n) is 2.10. The Hall–Kier alpha value is -2.16. The number of nitrogens with zero attached hydrogens (tertiary/aromatic N) is 3. The highest BCUT2D eigenvalue weighted by Gasteiger charge is 2.20. The van der Waals surface area contributed by atoms with Crippen molar-refractivity contribution in [3.05, 3.63) is 52.9 Å².